The summed E-state index contributed by atoms with van der Waals surface area (Å²) in [7, 11) is 0. The van der Waals surface area contributed by atoms with Crippen molar-refractivity contribution in [3.63, 3.8) is 0 Å². The summed E-state index contributed by atoms with van der Waals surface area (Å²) >= 11 is 8.66. The fourth-order valence-corrected chi connectivity index (χ4v) is 3.84. The summed E-state index contributed by atoms with van der Waals surface area (Å²) in [6.45, 7) is 2.04. The number of carbonyl (C=O) groups is 1. The fourth-order valence-electron chi connectivity index (χ4n) is 1.43. The van der Waals surface area contributed by atoms with E-state index in [0.29, 0.717) is 0 Å². The Balaban J connectivity index is 2.46. The molecule has 1 atom stereocenters. The van der Waals surface area contributed by atoms with Gasteiger partial charge < -0.3 is 5.32 Å². The maximum atomic E-state index is 12.0. The van der Waals surface area contributed by atoms with Crippen LogP contribution in [0.5, 0.6) is 0 Å². The molecular formula is C10H17Br2NOS. The van der Waals surface area contributed by atoms with Crippen LogP contribution in [0.25, 0.3) is 0 Å². The Hall–Kier alpha value is 0.780. The Morgan fingerprint density at radius 3 is 2.60 bits per heavy atom. The summed E-state index contributed by atoms with van der Waals surface area (Å²) in [5.74, 6) is 1.32. The van der Waals surface area contributed by atoms with Crippen LogP contribution < -0.4 is 5.32 Å². The lowest BCUT2D eigenvalue weighted by atomic mass is 10.1. The molecule has 5 heteroatoms. The van der Waals surface area contributed by atoms with Gasteiger partial charge in [0.15, 0.2) is 0 Å². The Kier molecular flexibility index (Phi) is 6.00. The lowest BCUT2D eigenvalue weighted by molar-refractivity contribution is -0.122. The van der Waals surface area contributed by atoms with Crippen LogP contribution in [-0.4, -0.2) is 33.1 Å². The minimum atomic E-state index is -0.172. The van der Waals surface area contributed by atoms with E-state index in [1.54, 1.807) is 11.8 Å². The van der Waals surface area contributed by atoms with Crippen LogP contribution in [0.1, 0.15) is 26.2 Å². The molecule has 0 aliphatic carbocycles. The smallest absolute Gasteiger partial charge is 0.233 e. The van der Waals surface area contributed by atoms with Gasteiger partial charge >= 0.3 is 0 Å². The van der Waals surface area contributed by atoms with E-state index in [9.17, 15) is 4.79 Å². The highest BCUT2D eigenvalue weighted by Gasteiger charge is 2.29. The van der Waals surface area contributed by atoms with Gasteiger partial charge in [0.25, 0.3) is 0 Å². The van der Waals surface area contributed by atoms with E-state index >= 15 is 0 Å². The van der Waals surface area contributed by atoms with Gasteiger partial charge in [0.1, 0.15) is 0 Å². The first-order valence-electron chi connectivity index (χ1n) is 5.17. The van der Waals surface area contributed by atoms with Gasteiger partial charge in [-0.2, -0.15) is 0 Å². The van der Waals surface area contributed by atoms with Crippen LogP contribution in [0.15, 0.2) is 0 Å². The highest BCUT2D eigenvalue weighted by molar-refractivity contribution is 9.09. The molecule has 1 fully saturated rings. The van der Waals surface area contributed by atoms with Gasteiger partial charge in [0, 0.05) is 10.7 Å². The third kappa shape index (κ3) is 4.27. The molecule has 2 nitrogen and oxygen atoms in total. The van der Waals surface area contributed by atoms with Gasteiger partial charge in [0.2, 0.25) is 5.91 Å². The SMILES string of the molecule is CC(CBr)(CBr)NC(=O)C1CCCCS1. The molecule has 1 heterocycles. The zero-order valence-corrected chi connectivity index (χ0v) is 12.9. The lowest BCUT2D eigenvalue weighted by Gasteiger charge is -2.30. The summed E-state index contributed by atoms with van der Waals surface area (Å²) in [5.41, 5.74) is -0.172. The summed E-state index contributed by atoms with van der Waals surface area (Å²) in [6.07, 6.45) is 3.46. The molecule has 1 aliphatic heterocycles. The van der Waals surface area contributed by atoms with Gasteiger partial charge in [-0.15, -0.1) is 11.8 Å². The van der Waals surface area contributed by atoms with Crippen LogP contribution in [-0.2, 0) is 4.79 Å². The highest BCUT2D eigenvalue weighted by Crippen LogP contribution is 2.26. The molecule has 0 spiro atoms. The third-order valence-corrected chi connectivity index (χ3v) is 6.34. The molecule has 1 rings (SSSR count). The van der Waals surface area contributed by atoms with Crippen molar-refractivity contribution in [3.8, 4) is 0 Å². The predicted octanol–water partition coefficient (Wildman–Crippen LogP) is 2.94. The van der Waals surface area contributed by atoms with E-state index in [-0.39, 0.29) is 16.7 Å². The van der Waals surface area contributed by atoms with Crippen molar-refractivity contribution in [3.05, 3.63) is 0 Å². The van der Waals surface area contributed by atoms with Gasteiger partial charge in [-0.1, -0.05) is 38.3 Å². The second-order valence-electron chi connectivity index (χ2n) is 4.17. The number of hydrogen-bond donors (Lipinski definition) is 1. The van der Waals surface area contributed by atoms with Crippen LogP contribution in [0.3, 0.4) is 0 Å². The Labute approximate surface area is 113 Å². The molecule has 1 unspecified atom stereocenters. The van der Waals surface area contributed by atoms with Crippen LogP contribution in [0.2, 0.25) is 0 Å². The number of alkyl halides is 2. The standard InChI is InChI=1S/C10H17Br2NOS/c1-10(6-11,7-12)13-9(14)8-4-2-3-5-15-8/h8H,2-7H2,1H3,(H,13,14). The van der Waals surface area contributed by atoms with Crippen LogP contribution in [0, 0.1) is 0 Å². The van der Waals surface area contributed by atoms with E-state index in [0.717, 1.165) is 22.8 Å². The van der Waals surface area contributed by atoms with Crippen LogP contribution >= 0.6 is 43.6 Å². The molecule has 1 N–H and O–H groups in total. The first kappa shape index (κ1) is 13.8. The molecule has 0 aromatic heterocycles. The molecule has 1 aliphatic rings. The number of rotatable bonds is 4. The number of halogens is 2. The number of amides is 1. The summed E-state index contributed by atoms with van der Waals surface area (Å²) in [5, 5.41) is 4.82. The summed E-state index contributed by atoms with van der Waals surface area (Å²) < 4.78 is 0. The minimum absolute atomic E-state index is 0.163. The minimum Gasteiger partial charge on any atom is -0.348 e. The molecule has 0 radical (unpaired) electrons. The topological polar surface area (TPSA) is 29.1 Å². The van der Waals surface area contributed by atoms with Crippen molar-refractivity contribution >= 4 is 49.5 Å². The Bertz CT molecular complexity index is 215. The van der Waals surface area contributed by atoms with Crippen molar-refractivity contribution in [2.45, 2.75) is 37.0 Å². The molecule has 1 saturated heterocycles. The molecule has 0 saturated carbocycles. The molecule has 1 amide bonds. The van der Waals surface area contributed by atoms with E-state index in [1.807, 2.05) is 6.92 Å². The predicted molar refractivity (Wildman–Crippen MR) is 74.2 cm³/mol. The van der Waals surface area contributed by atoms with Crippen molar-refractivity contribution < 1.29 is 4.79 Å². The number of carbonyl (C=O) groups excluding carboxylic acids is 1. The quantitative estimate of drug-likeness (QED) is 0.783. The average Bonchev–Trinajstić information content (AvgIpc) is 2.30. The molecule has 0 bridgehead atoms. The Morgan fingerprint density at radius 2 is 2.13 bits per heavy atom. The second-order valence-corrected chi connectivity index (χ2v) is 6.60. The zero-order valence-electron chi connectivity index (χ0n) is 8.89. The molecule has 0 aromatic rings. The first-order chi connectivity index (χ1) is 7.11. The summed E-state index contributed by atoms with van der Waals surface area (Å²) in [4.78, 5) is 12.0. The van der Waals surface area contributed by atoms with E-state index in [1.165, 1.54) is 12.8 Å². The number of thioether (sulfide) groups is 1. The van der Waals surface area contributed by atoms with Gasteiger partial charge in [-0.3, -0.25) is 4.79 Å². The lowest BCUT2D eigenvalue weighted by Crippen LogP contribution is -2.52. The number of hydrogen-bond acceptors (Lipinski definition) is 2. The van der Waals surface area contributed by atoms with Crippen LogP contribution in [0.4, 0.5) is 0 Å². The van der Waals surface area contributed by atoms with Gasteiger partial charge in [0.05, 0.1) is 10.8 Å². The molecule has 0 aromatic carbocycles. The first-order valence-corrected chi connectivity index (χ1v) is 8.46. The number of nitrogens with one attached hydrogen (secondary N) is 1. The Morgan fingerprint density at radius 1 is 1.47 bits per heavy atom. The van der Waals surface area contributed by atoms with Crippen molar-refractivity contribution in [2.24, 2.45) is 0 Å². The average molecular weight is 359 g/mol. The zero-order chi connectivity index (χ0) is 11.3. The maximum absolute atomic E-state index is 12.0. The fraction of sp³-hybridized carbons (Fsp3) is 0.900. The van der Waals surface area contributed by atoms with Crippen molar-refractivity contribution in [1.82, 2.24) is 5.32 Å². The highest BCUT2D eigenvalue weighted by atomic mass is 79.9. The van der Waals surface area contributed by atoms with Crippen molar-refractivity contribution in [1.29, 1.82) is 0 Å². The largest absolute Gasteiger partial charge is 0.348 e. The summed E-state index contributed by atoms with van der Waals surface area (Å²) in [6, 6.07) is 0. The third-order valence-electron chi connectivity index (χ3n) is 2.49. The van der Waals surface area contributed by atoms with Gasteiger partial charge in [-0.25, -0.2) is 0 Å². The van der Waals surface area contributed by atoms with Gasteiger partial charge in [-0.05, 0) is 25.5 Å². The van der Waals surface area contributed by atoms with E-state index in [4.69, 9.17) is 0 Å². The normalized spacial score (nSPS) is 22.5. The molecular weight excluding hydrogens is 342 g/mol. The van der Waals surface area contributed by atoms with E-state index < -0.39 is 0 Å². The maximum Gasteiger partial charge on any atom is 0.233 e. The monoisotopic (exact) mass is 357 g/mol. The second kappa shape index (κ2) is 6.50. The molecule has 15 heavy (non-hydrogen) atoms. The molecule has 88 valence electrons. The van der Waals surface area contributed by atoms with Crippen molar-refractivity contribution in [2.75, 3.05) is 16.4 Å². The van der Waals surface area contributed by atoms with E-state index in [2.05, 4.69) is 37.2 Å².